The van der Waals surface area contributed by atoms with Gasteiger partial charge in [-0.25, -0.2) is 4.98 Å². The zero-order chi connectivity index (χ0) is 16.4. The Morgan fingerprint density at radius 1 is 1.30 bits per heavy atom. The monoisotopic (exact) mass is 345 g/mol. The van der Waals surface area contributed by atoms with Crippen LogP contribution in [-0.4, -0.2) is 21.6 Å². The predicted molar refractivity (Wildman–Crippen MR) is 95.5 cm³/mol. The number of aromatic amines is 1. The molecular formula is C16H15N3O2S2. The molecule has 2 aromatic heterocycles. The summed E-state index contributed by atoms with van der Waals surface area (Å²) in [6.45, 7) is 4.03. The molecule has 1 aromatic carbocycles. The maximum atomic E-state index is 12.0. The van der Waals surface area contributed by atoms with Crippen LogP contribution >= 0.6 is 23.1 Å². The first-order chi connectivity index (χ1) is 11.0. The molecule has 2 N–H and O–H groups in total. The van der Waals surface area contributed by atoms with Crippen molar-refractivity contribution in [1.82, 2.24) is 9.97 Å². The summed E-state index contributed by atoms with van der Waals surface area (Å²) >= 11 is 2.57. The Hall–Kier alpha value is -2.12. The van der Waals surface area contributed by atoms with E-state index in [1.54, 1.807) is 6.07 Å². The third kappa shape index (κ3) is 3.62. The topological polar surface area (TPSA) is 74.8 Å². The molecule has 0 atom stereocenters. The Morgan fingerprint density at radius 2 is 2.13 bits per heavy atom. The second kappa shape index (κ2) is 6.55. The van der Waals surface area contributed by atoms with Crippen LogP contribution in [0.25, 0.3) is 10.2 Å². The van der Waals surface area contributed by atoms with Gasteiger partial charge in [0.1, 0.15) is 4.70 Å². The van der Waals surface area contributed by atoms with E-state index in [9.17, 15) is 9.59 Å². The van der Waals surface area contributed by atoms with E-state index in [-0.39, 0.29) is 17.2 Å². The summed E-state index contributed by atoms with van der Waals surface area (Å²) in [5, 5.41) is 5.13. The van der Waals surface area contributed by atoms with Crippen molar-refractivity contribution in [3.8, 4) is 0 Å². The third-order valence-electron chi connectivity index (χ3n) is 3.42. The fourth-order valence-electron chi connectivity index (χ4n) is 2.07. The quantitative estimate of drug-likeness (QED) is 0.562. The first-order valence-electron chi connectivity index (χ1n) is 7.00. The lowest BCUT2D eigenvalue weighted by Crippen LogP contribution is -2.15. The number of aryl methyl sites for hydroxylation is 2. The zero-order valence-electron chi connectivity index (χ0n) is 12.7. The Labute approximate surface area is 141 Å². The molecule has 3 aromatic rings. The number of carbonyl (C=O) groups is 1. The van der Waals surface area contributed by atoms with E-state index < -0.39 is 0 Å². The van der Waals surface area contributed by atoms with Crippen molar-refractivity contribution in [3.63, 3.8) is 0 Å². The molecule has 0 bridgehead atoms. The van der Waals surface area contributed by atoms with Crippen molar-refractivity contribution >= 4 is 44.9 Å². The Balaban J connectivity index is 1.65. The number of aromatic nitrogens is 2. The largest absolute Gasteiger partial charge is 0.325 e. The molecule has 0 aliphatic heterocycles. The summed E-state index contributed by atoms with van der Waals surface area (Å²) in [4.78, 5) is 30.9. The van der Waals surface area contributed by atoms with Crippen molar-refractivity contribution in [2.75, 3.05) is 11.1 Å². The lowest BCUT2D eigenvalue weighted by Gasteiger charge is -2.07. The highest BCUT2D eigenvalue weighted by Gasteiger charge is 2.09. The first kappa shape index (κ1) is 15.8. The van der Waals surface area contributed by atoms with Crippen LogP contribution in [-0.2, 0) is 4.79 Å². The number of thiophene rings is 1. The van der Waals surface area contributed by atoms with Gasteiger partial charge in [0.2, 0.25) is 5.91 Å². The molecule has 1 amide bonds. The molecule has 23 heavy (non-hydrogen) atoms. The van der Waals surface area contributed by atoms with Gasteiger partial charge < -0.3 is 10.3 Å². The van der Waals surface area contributed by atoms with E-state index in [1.807, 2.05) is 37.4 Å². The smallest absolute Gasteiger partial charge is 0.269 e. The molecule has 0 fully saturated rings. The minimum absolute atomic E-state index is 0.133. The Kier molecular flexibility index (Phi) is 4.49. The number of thioether (sulfide) groups is 1. The number of H-pyrrole nitrogens is 1. The zero-order valence-corrected chi connectivity index (χ0v) is 14.3. The summed E-state index contributed by atoms with van der Waals surface area (Å²) < 4.78 is 0.605. The highest BCUT2D eigenvalue weighted by Crippen LogP contribution is 2.19. The molecule has 3 rings (SSSR count). The van der Waals surface area contributed by atoms with Crippen LogP contribution < -0.4 is 10.9 Å². The summed E-state index contributed by atoms with van der Waals surface area (Å²) in [7, 11) is 0. The van der Waals surface area contributed by atoms with Crippen LogP contribution in [0, 0.1) is 13.8 Å². The molecule has 2 heterocycles. The molecule has 0 saturated heterocycles. The minimum Gasteiger partial charge on any atom is -0.325 e. The number of nitrogens with one attached hydrogen (secondary N) is 2. The average Bonchev–Trinajstić information content (AvgIpc) is 2.98. The van der Waals surface area contributed by atoms with Crippen LogP contribution in [0.5, 0.6) is 0 Å². The molecule has 118 valence electrons. The summed E-state index contributed by atoms with van der Waals surface area (Å²) in [6, 6.07) is 7.59. The number of rotatable bonds is 4. The molecular weight excluding hydrogens is 330 g/mol. The lowest BCUT2D eigenvalue weighted by molar-refractivity contribution is -0.113. The minimum atomic E-state index is -0.165. The fourth-order valence-corrected chi connectivity index (χ4v) is 3.46. The van der Waals surface area contributed by atoms with Crippen molar-refractivity contribution in [2.24, 2.45) is 0 Å². The van der Waals surface area contributed by atoms with Crippen molar-refractivity contribution in [2.45, 2.75) is 19.0 Å². The maximum absolute atomic E-state index is 12.0. The average molecular weight is 345 g/mol. The number of anilines is 1. The standard InChI is InChI=1S/C16H15N3O2S2/c1-9-3-4-11(7-10(9)2)17-13(20)8-23-16-18-12-5-6-22-14(12)15(21)19-16/h3-7H,8H2,1-2H3,(H,17,20)(H,18,19,21). The number of carbonyl (C=O) groups excluding carboxylic acids is 1. The van der Waals surface area contributed by atoms with Crippen LogP contribution in [0.3, 0.4) is 0 Å². The van der Waals surface area contributed by atoms with Gasteiger partial charge in [-0.15, -0.1) is 11.3 Å². The van der Waals surface area contributed by atoms with Crippen LogP contribution in [0.2, 0.25) is 0 Å². The molecule has 0 aliphatic carbocycles. The summed E-state index contributed by atoms with van der Waals surface area (Å²) in [5.74, 6) is 0.0530. The Morgan fingerprint density at radius 3 is 2.91 bits per heavy atom. The summed E-state index contributed by atoms with van der Waals surface area (Å²) in [6.07, 6.45) is 0. The molecule has 0 spiro atoms. The molecule has 0 saturated carbocycles. The van der Waals surface area contributed by atoms with Gasteiger partial charge >= 0.3 is 0 Å². The number of fused-ring (bicyclic) bond motifs is 1. The van der Waals surface area contributed by atoms with Gasteiger partial charge in [0.25, 0.3) is 5.56 Å². The highest BCUT2D eigenvalue weighted by molar-refractivity contribution is 7.99. The van der Waals surface area contributed by atoms with E-state index in [4.69, 9.17) is 0 Å². The van der Waals surface area contributed by atoms with Crippen LogP contribution in [0.4, 0.5) is 5.69 Å². The number of benzene rings is 1. The highest BCUT2D eigenvalue weighted by atomic mass is 32.2. The maximum Gasteiger partial charge on any atom is 0.269 e. The summed E-state index contributed by atoms with van der Waals surface area (Å²) in [5.41, 5.74) is 3.58. The third-order valence-corrected chi connectivity index (χ3v) is 5.20. The van der Waals surface area contributed by atoms with E-state index in [1.165, 1.54) is 28.7 Å². The number of amides is 1. The number of hydrogen-bond acceptors (Lipinski definition) is 5. The molecule has 0 unspecified atom stereocenters. The fraction of sp³-hybridized carbons (Fsp3) is 0.188. The van der Waals surface area contributed by atoms with E-state index in [0.717, 1.165) is 11.3 Å². The van der Waals surface area contributed by atoms with Gasteiger partial charge in [-0.05, 0) is 48.6 Å². The molecule has 0 aliphatic rings. The molecule has 7 heteroatoms. The molecule has 0 radical (unpaired) electrons. The van der Waals surface area contributed by atoms with E-state index >= 15 is 0 Å². The van der Waals surface area contributed by atoms with E-state index in [0.29, 0.717) is 15.4 Å². The normalized spacial score (nSPS) is 10.9. The lowest BCUT2D eigenvalue weighted by atomic mass is 10.1. The van der Waals surface area contributed by atoms with Gasteiger partial charge in [-0.2, -0.15) is 0 Å². The van der Waals surface area contributed by atoms with Gasteiger partial charge in [-0.3, -0.25) is 9.59 Å². The van der Waals surface area contributed by atoms with Gasteiger partial charge in [0.05, 0.1) is 11.3 Å². The first-order valence-corrected chi connectivity index (χ1v) is 8.87. The van der Waals surface area contributed by atoms with Crippen LogP contribution in [0.15, 0.2) is 39.6 Å². The van der Waals surface area contributed by atoms with Gasteiger partial charge in [0.15, 0.2) is 5.16 Å². The van der Waals surface area contributed by atoms with E-state index in [2.05, 4.69) is 15.3 Å². The second-order valence-electron chi connectivity index (χ2n) is 5.14. The SMILES string of the molecule is Cc1ccc(NC(=O)CSc2nc3ccsc3c(=O)[nH]2)cc1C. The van der Waals surface area contributed by atoms with Gasteiger partial charge in [0, 0.05) is 5.69 Å². The second-order valence-corrected chi connectivity index (χ2v) is 7.02. The number of nitrogens with zero attached hydrogens (tertiary/aromatic N) is 1. The van der Waals surface area contributed by atoms with Crippen molar-refractivity contribution in [3.05, 3.63) is 51.1 Å². The number of hydrogen-bond donors (Lipinski definition) is 2. The van der Waals surface area contributed by atoms with Crippen molar-refractivity contribution < 1.29 is 4.79 Å². The Bertz CT molecular complexity index is 930. The van der Waals surface area contributed by atoms with Crippen molar-refractivity contribution in [1.29, 1.82) is 0 Å². The predicted octanol–water partition coefficient (Wildman–Crippen LogP) is 3.33. The van der Waals surface area contributed by atoms with Gasteiger partial charge in [-0.1, -0.05) is 17.8 Å². The molecule has 5 nitrogen and oxygen atoms in total. The van der Waals surface area contributed by atoms with Crippen LogP contribution in [0.1, 0.15) is 11.1 Å².